The van der Waals surface area contributed by atoms with Crippen molar-refractivity contribution in [2.24, 2.45) is 5.92 Å². The zero-order chi connectivity index (χ0) is 33.8. The number of hydrogen-bond donors (Lipinski definition) is 2. The molecule has 0 radical (unpaired) electrons. The average Bonchev–Trinajstić information content (AvgIpc) is 3.12. The molecule has 1 fully saturated rings. The SMILES string of the molecule is COc1cc2c(cc1OC)CN(C[C@H]1OC(c3cccc(C(=O)Nc4cccc(C(C)=O)c4)c3)O[C@@H](c3ccc(CO)cc3)[C@H]1C)CC2. The summed E-state index contributed by atoms with van der Waals surface area (Å²) in [6.07, 6.45) is -0.298. The molecule has 2 aliphatic rings. The Hall–Kier alpha value is -4.54. The second-order valence-electron chi connectivity index (χ2n) is 12.5. The molecule has 250 valence electrons. The van der Waals surface area contributed by atoms with E-state index in [1.54, 1.807) is 50.6 Å². The third-order valence-electron chi connectivity index (χ3n) is 9.31. The summed E-state index contributed by atoms with van der Waals surface area (Å²) in [4.78, 5) is 27.6. The van der Waals surface area contributed by atoms with E-state index in [4.69, 9.17) is 18.9 Å². The first-order valence-corrected chi connectivity index (χ1v) is 16.2. The van der Waals surface area contributed by atoms with Gasteiger partial charge in [0.05, 0.1) is 33.0 Å². The zero-order valence-corrected chi connectivity index (χ0v) is 27.8. The van der Waals surface area contributed by atoms with Gasteiger partial charge in [0.25, 0.3) is 5.91 Å². The van der Waals surface area contributed by atoms with Gasteiger partial charge in [-0.05, 0) is 72.0 Å². The van der Waals surface area contributed by atoms with Gasteiger partial charge in [0.2, 0.25) is 0 Å². The van der Waals surface area contributed by atoms with Crippen molar-refractivity contribution in [1.29, 1.82) is 0 Å². The number of hydrogen-bond acceptors (Lipinski definition) is 8. The third-order valence-corrected chi connectivity index (χ3v) is 9.31. The summed E-state index contributed by atoms with van der Waals surface area (Å²) in [6.45, 7) is 5.93. The monoisotopic (exact) mass is 650 g/mol. The molecule has 0 bridgehead atoms. The van der Waals surface area contributed by atoms with Gasteiger partial charge < -0.3 is 29.4 Å². The summed E-state index contributed by atoms with van der Waals surface area (Å²) in [5.74, 6) is 1.10. The van der Waals surface area contributed by atoms with Gasteiger partial charge >= 0.3 is 0 Å². The fraction of sp³-hybridized carbons (Fsp3) is 0.333. The number of ketones is 1. The van der Waals surface area contributed by atoms with E-state index in [9.17, 15) is 14.7 Å². The average molecular weight is 651 g/mol. The molecule has 1 unspecified atom stereocenters. The summed E-state index contributed by atoms with van der Waals surface area (Å²) in [7, 11) is 3.31. The Bertz CT molecular complexity index is 1770. The maximum absolute atomic E-state index is 13.3. The summed E-state index contributed by atoms with van der Waals surface area (Å²) in [5, 5.41) is 12.5. The lowest BCUT2D eigenvalue weighted by molar-refractivity contribution is -0.276. The molecule has 4 atom stereocenters. The molecule has 0 aliphatic carbocycles. The van der Waals surface area contributed by atoms with E-state index in [0.717, 1.165) is 47.7 Å². The van der Waals surface area contributed by atoms with Crippen LogP contribution in [0.15, 0.2) is 84.9 Å². The lowest BCUT2D eigenvalue weighted by Crippen LogP contribution is -2.45. The Morgan fingerprint density at radius 1 is 0.875 bits per heavy atom. The Balaban J connectivity index is 1.25. The number of ether oxygens (including phenoxy) is 4. The van der Waals surface area contributed by atoms with E-state index >= 15 is 0 Å². The van der Waals surface area contributed by atoms with Crippen molar-refractivity contribution in [2.45, 2.75) is 51.9 Å². The van der Waals surface area contributed by atoms with Crippen LogP contribution in [0.4, 0.5) is 5.69 Å². The normalized spacial score (nSPS) is 20.9. The van der Waals surface area contributed by atoms with Gasteiger partial charge in [-0.3, -0.25) is 14.5 Å². The molecule has 48 heavy (non-hydrogen) atoms. The Kier molecular flexibility index (Phi) is 10.2. The predicted molar refractivity (Wildman–Crippen MR) is 182 cm³/mol. The Morgan fingerprint density at radius 3 is 2.29 bits per heavy atom. The van der Waals surface area contributed by atoms with Crippen LogP contribution >= 0.6 is 0 Å². The fourth-order valence-electron chi connectivity index (χ4n) is 6.53. The van der Waals surface area contributed by atoms with Crippen molar-refractivity contribution in [3.05, 3.63) is 124 Å². The highest BCUT2D eigenvalue weighted by atomic mass is 16.7. The molecule has 9 nitrogen and oxygen atoms in total. The highest BCUT2D eigenvalue weighted by molar-refractivity contribution is 6.05. The molecular weight excluding hydrogens is 608 g/mol. The topological polar surface area (TPSA) is 107 Å². The number of carbonyl (C=O) groups excluding carboxylic acids is 2. The number of rotatable bonds is 10. The number of anilines is 1. The Labute approximate surface area is 281 Å². The fourth-order valence-corrected chi connectivity index (χ4v) is 6.53. The summed E-state index contributed by atoms with van der Waals surface area (Å²) in [6, 6.07) is 26.1. The zero-order valence-electron chi connectivity index (χ0n) is 27.8. The molecule has 2 aliphatic heterocycles. The van der Waals surface area contributed by atoms with Gasteiger partial charge in [0.1, 0.15) is 0 Å². The van der Waals surface area contributed by atoms with Crippen LogP contribution in [0.25, 0.3) is 0 Å². The number of carbonyl (C=O) groups is 2. The van der Waals surface area contributed by atoms with Crippen LogP contribution in [-0.4, -0.2) is 55.1 Å². The van der Waals surface area contributed by atoms with E-state index < -0.39 is 6.29 Å². The standard InChI is InChI=1S/C39H42N2O7/c1-24-36(22-41-16-15-29-19-34(45-3)35(46-4)20-32(29)21-41)47-39(48-37(24)27-13-11-26(23-42)12-14-27)31-9-5-8-30(17-31)38(44)40-33-10-6-7-28(18-33)25(2)43/h5-14,17-20,24,36-37,39,42H,15-16,21-23H2,1-4H3,(H,40,44)/t24-,36+,37+,39?/m0/s1. The lowest BCUT2D eigenvalue weighted by atomic mass is 9.89. The highest BCUT2D eigenvalue weighted by Crippen LogP contribution is 2.42. The number of amides is 1. The predicted octanol–water partition coefficient (Wildman–Crippen LogP) is 6.50. The summed E-state index contributed by atoms with van der Waals surface area (Å²) < 4.78 is 24.5. The van der Waals surface area contributed by atoms with Crippen molar-refractivity contribution >= 4 is 17.4 Å². The van der Waals surface area contributed by atoms with Crippen LogP contribution in [-0.2, 0) is 29.0 Å². The van der Waals surface area contributed by atoms with E-state index in [-0.39, 0.29) is 36.4 Å². The molecule has 4 aromatic rings. The van der Waals surface area contributed by atoms with Crippen LogP contribution in [0.5, 0.6) is 11.5 Å². The smallest absolute Gasteiger partial charge is 0.255 e. The van der Waals surface area contributed by atoms with Crippen molar-refractivity contribution in [3.8, 4) is 11.5 Å². The van der Waals surface area contributed by atoms with E-state index in [2.05, 4.69) is 29.3 Å². The number of nitrogens with one attached hydrogen (secondary N) is 1. The number of aliphatic hydroxyl groups excluding tert-OH is 1. The molecular formula is C39H42N2O7. The molecule has 4 aromatic carbocycles. The van der Waals surface area contributed by atoms with Gasteiger partial charge in [-0.1, -0.05) is 55.5 Å². The maximum atomic E-state index is 13.3. The van der Waals surface area contributed by atoms with Crippen LogP contribution in [0.2, 0.25) is 0 Å². The number of nitrogens with zero attached hydrogens (tertiary/aromatic N) is 1. The molecule has 1 saturated heterocycles. The summed E-state index contributed by atoms with van der Waals surface area (Å²) in [5.41, 5.74) is 6.55. The lowest BCUT2D eigenvalue weighted by Gasteiger charge is -2.43. The van der Waals surface area contributed by atoms with Gasteiger partial charge in [-0.2, -0.15) is 0 Å². The molecule has 0 spiro atoms. The maximum Gasteiger partial charge on any atom is 0.255 e. The minimum absolute atomic E-state index is 0.00746. The molecule has 0 aromatic heterocycles. The van der Waals surface area contributed by atoms with Gasteiger partial charge in [0.15, 0.2) is 23.6 Å². The van der Waals surface area contributed by atoms with Gasteiger partial charge in [-0.25, -0.2) is 0 Å². The first-order chi connectivity index (χ1) is 23.3. The number of methoxy groups -OCH3 is 2. The van der Waals surface area contributed by atoms with Crippen LogP contribution in [0, 0.1) is 5.92 Å². The largest absolute Gasteiger partial charge is 0.493 e. The molecule has 1 amide bonds. The minimum atomic E-state index is -0.719. The third kappa shape index (κ3) is 7.29. The number of benzene rings is 4. The number of aliphatic hydroxyl groups is 1. The van der Waals surface area contributed by atoms with E-state index in [1.165, 1.54) is 18.1 Å². The molecule has 0 saturated carbocycles. The van der Waals surface area contributed by atoms with E-state index in [1.807, 2.05) is 36.4 Å². The van der Waals surface area contributed by atoms with Crippen LogP contribution in [0.1, 0.15) is 74.8 Å². The second kappa shape index (κ2) is 14.7. The first kappa shape index (κ1) is 33.4. The van der Waals surface area contributed by atoms with Crippen LogP contribution < -0.4 is 14.8 Å². The molecule has 9 heteroatoms. The van der Waals surface area contributed by atoms with Crippen LogP contribution in [0.3, 0.4) is 0 Å². The molecule has 2 N–H and O–H groups in total. The number of fused-ring (bicyclic) bond motifs is 1. The van der Waals surface area contributed by atoms with Crippen molar-refractivity contribution in [1.82, 2.24) is 4.90 Å². The first-order valence-electron chi connectivity index (χ1n) is 16.2. The quantitative estimate of drug-likeness (QED) is 0.188. The highest BCUT2D eigenvalue weighted by Gasteiger charge is 2.39. The van der Waals surface area contributed by atoms with Crippen molar-refractivity contribution < 1.29 is 33.6 Å². The van der Waals surface area contributed by atoms with Crippen molar-refractivity contribution in [3.63, 3.8) is 0 Å². The van der Waals surface area contributed by atoms with E-state index in [0.29, 0.717) is 23.4 Å². The second-order valence-corrected chi connectivity index (χ2v) is 12.5. The van der Waals surface area contributed by atoms with Gasteiger partial charge in [-0.15, -0.1) is 0 Å². The molecule has 6 rings (SSSR count). The minimum Gasteiger partial charge on any atom is -0.493 e. The molecule has 2 heterocycles. The Morgan fingerprint density at radius 2 is 1.58 bits per heavy atom. The van der Waals surface area contributed by atoms with Gasteiger partial charge in [0, 0.05) is 47.9 Å². The van der Waals surface area contributed by atoms with Crippen molar-refractivity contribution in [2.75, 3.05) is 32.6 Å². The summed E-state index contributed by atoms with van der Waals surface area (Å²) >= 11 is 0. The number of Topliss-reactive ketones (excluding diaryl/α,β-unsaturated/α-hetero) is 1.